The maximum Gasteiger partial charge on any atom is 0.0760 e. The standard InChI is InChI=1S/C10H19N/c1-2-4-10(5-3-1)6-8-11-9-7-10/h11H,1-9H2/p+1. The third-order valence-corrected chi connectivity index (χ3v) is 3.67. The van der Waals surface area contributed by atoms with Crippen molar-refractivity contribution in [1.29, 1.82) is 0 Å². The maximum atomic E-state index is 2.49. The van der Waals surface area contributed by atoms with Gasteiger partial charge in [-0.2, -0.15) is 0 Å². The van der Waals surface area contributed by atoms with Crippen LogP contribution < -0.4 is 5.32 Å². The molecule has 0 amide bonds. The van der Waals surface area contributed by atoms with Crippen LogP contribution in [0.2, 0.25) is 0 Å². The average Bonchev–Trinajstić information content (AvgIpc) is 2.07. The molecule has 1 nitrogen and oxygen atoms in total. The van der Waals surface area contributed by atoms with Crippen molar-refractivity contribution >= 4 is 0 Å². The number of nitrogens with two attached hydrogens (primary N) is 1. The van der Waals surface area contributed by atoms with E-state index in [2.05, 4.69) is 5.32 Å². The molecule has 2 fully saturated rings. The van der Waals surface area contributed by atoms with Crippen LogP contribution in [0.4, 0.5) is 0 Å². The van der Waals surface area contributed by atoms with E-state index in [1.54, 1.807) is 12.8 Å². The first-order valence-electron chi connectivity index (χ1n) is 5.23. The Morgan fingerprint density at radius 3 is 2.00 bits per heavy atom. The van der Waals surface area contributed by atoms with Crippen molar-refractivity contribution in [3.8, 4) is 0 Å². The molecule has 0 atom stereocenters. The molecular weight excluding hydrogens is 134 g/mol. The minimum Gasteiger partial charge on any atom is -0.346 e. The fourth-order valence-electron chi connectivity index (χ4n) is 2.89. The minimum atomic E-state index is 0.826. The highest BCUT2D eigenvalue weighted by Crippen LogP contribution is 2.41. The molecule has 1 heteroatoms. The monoisotopic (exact) mass is 154 g/mol. The second-order valence-corrected chi connectivity index (χ2v) is 4.43. The molecule has 1 heterocycles. The summed E-state index contributed by atoms with van der Waals surface area (Å²) in [5.41, 5.74) is 0.826. The van der Waals surface area contributed by atoms with Gasteiger partial charge in [-0.25, -0.2) is 0 Å². The van der Waals surface area contributed by atoms with Gasteiger partial charge < -0.3 is 5.32 Å². The third-order valence-electron chi connectivity index (χ3n) is 3.67. The van der Waals surface area contributed by atoms with Crippen LogP contribution in [-0.2, 0) is 0 Å². The summed E-state index contributed by atoms with van der Waals surface area (Å²) in [6.45, 7) is 2.81. The predicted octanol–water partition coefficient (Wildman–Crippen LogP) is 1.29. The van der Waals surface area contributed by atoms with E-state index < -0.39 is 0 Å². The van der Waals surface area contributed by atoms with Crippen LogP contribution in [0.3, 0.4) is 0 Å². The molecule has 1 spiro atoms. The molecule has 11 heavy (non-hydrogen) atoms. The molecular formula is C10H20N+. The Morgan fingerprint density at radius 2 is 1.36 bits per heavy atom. The highest BCUT2D eigenvalue weighted by Gasteiger charge is 2.34. The summed E-state index contributed by atoms with van der Waals surface area (Å²) in [7, 11) is 0. The average molecular weight is 154 g/mol. The summed E-state index contributed by atoms with van der Waals surface area (Å²) in [6, 6.07) is 0. The second kappa shape index (κ2) is 3.14. The van der Waals surface area contributed by atoms with E-state index in [-0.39, 0.29) is 0 Å². The Hall–Kier alpha value is -0.0400. The topological polar surface area (TPSA) is 16.6 Å². The van der Waals surface area contributed by atoms with Crippen LogP contribution in [0, 0.1) is 5.41 Å². The molecule has 1 aliphatic heterocycles. The molecule has 0 aromatic carbocycles. The van der Waals surface area contributed by atoms with Crippen LogP contribution in [0.5, 0.6) is 0 Å². The molecule has 1 aliphatic carbocycles. The minimum absolute atomic E-state index is 0.826. The summed E-state index contributed by atoms with van der Waals surface area (Å²) in [6.07, 6.45) is 10.6. The lowest BCUT2D eigenvalue weighted by Gasteiger charge is -2.39. The van der Waals surface area contributed by atoms with Crippen LogP contribution in [-0.4, -0.2) is 13.1 Å². The van der Waals surface area contributed by atoms with Gasteiger partial charge in [-0.15, -0.1) is 0 Å². The van der Waals surface area contributed by atoms with E-state index in [9.17, 15) is 0 Å². The number of hydrogen-bond acceptors (Lipinski definition) is 0. The number of quaternary nitrogens is 1. The number of piperidine rings is 1. The summed E-state index contributed by atoms with van der Waals surface area (Å²) >= 11 is 0. The predicted molar refractivity (Wildman–Crippen MR) is 46.4 cm³/mol. The fraction of sp³-hybridized carbons (Fsp3) is 1.00. The van der Waals surface area contributed by atoms with Crippen LogP contribution in [0.1, 0.15) is 44.9 Å². The Balaban J connectivity index is 1.94. The van der Waals surface area contributed by atoms with E-state index >= 15 is 0 Å². The summed E-state index contributed by atoms with van der Waals surface area (Å²) in [5, 5.41) is 2.49. The zero-order valence-corrected chi connectivity index (χ0v) is 7.44. The van der Waals surface area contributed by atoms with Gasteiger partial charge in [0.2, 0.25) is 0 Å². The van der Waals surface area contributed by atoms with Crippen molar-refractivity contribution in [2.75, 3.05) is 13.1 Å². The van der Waals surface area contributed by atoms with E-state index in [4.69, 9.17) is 0 Å². The maximum absolute atomic E-state index is 2.49. The Bertz CT molecular complexity index is 99.3. The van der Waals surface area contributed by atoms with Gasteiger partial charge in [0.15, 0.2) is 0 Å². The number of rotatable bonds is 0. The first-order valence-corrected chi connectivity index (χ1v) is 5.23. The first-order chi connectivity index (χ1) is 5.41. The Morgan fingerprint density at radius 1 is 0.727 bits per heavy atom. The largest absolute Gasteiger partial charge is 0.346 e. The molecule has 1 saturated carbocycles. The van der Waals surface area contributed by atoms with Crippen molar-refractivity contribution in [3.05, 3.63) is 0 Å². The summed E-state index contributed by atoms with van der Waals surface area (Å²) < 4.78 is 0. The quantitative estimate of drug-likeness (QED) is 0.541. The van der Waals surface area contributed by atoms with Gasteiger partial charge in [0.25, 0.3) is 0 Å². The van der Waals surface area contributed by atoms with Gasteiger partial charge in [-0.3, -0.25) is 0 Å². The lowest BCUT2D eigenvalue weighted by Crippen LogP contribution is -2.87. The van der Waals surface area contributed by atoms with Crippen molar-refractivity contribution in [2.24, 2.45) is 5.41 Å². The lowest BCUT2D eigenvalue weighted by molar-refractivity contribution is -0.668. The smallest absolute Gasteiger partial charge is 0.0760 e. The lowest BCUT2D eigenvalue weighted by atomic mass is 9.68. The zero-order valence-electron chi connectivity index (χ0n) is 7.44. The zero-order chi connectivity index (χ0) is 7.57. The van der Waals surface area contributed by atoms with Crippen molar-refractivity contribution in [2.45, 2.75) is 44.9 Å². The summed E-state index contributed by atoms with van der Waals surface area (Å²) in [5.74, 6) is 0. The molecule has 2 aliphatic rings. The normalized spacial score (nSPS) is 30.5. The molecule has 0 aromatic heterocycles. The van der Waals surface area contributed by atoms with Crippen molar-refractivity contribution in [3.63, 3.8) is 0 Å². The highest BCUT2D eigenvalue weighted by molar-refractivity contribution is 4.83. The molecule has 0 bridgehead atoms. The molecule has 0 aromatic rings. The highest BCUT2D eigenvalue weighted by atomic mass is 14.9. The first kappa shape index (κ1) is 7.60. The fourth-order valence-corrected chi connectivity index (χ4v) is 2.89. The van der Waals surface area contributed by atoms with Crippen LogP contribution in [0.25, 0.3) is 0 Å². The van der Waals surface area contributed by atoms with Crippen LogP contribution in [0.15, 0.2) is 0 Å². The van der Waals surface area contributed by atoms with Crippen molar-refractivity contribution < 1.29 is 5.32 Å². The van der Waals surface area contributed by atoms with Gasteiger partial charge in [-0.05, 0) is 18.3 Å². The van der Waals surface area contributed by atoms with Gasteiger partial charge in [0.1, 0.15) is 0 Å². The van der Waals surface area contributed by atoms with E-state index in [1.165, 1.54) is 45.2 Å². The van der Waals surface area contributed by atoms with E-state index in [0.717, 1.165) is 5.41 Å². The Kier molecular flexibility index (Phi) is 2.17. The van der Waals surface area contributed by atoms with Gasteiger partial charge in [0.05, 0.1) is 13.1 Å². The second-order valence-electron chi connectivity index (χ2n) is 4.43. The molecule has 1 saturated heterocycles. The third kappa shape index (κ3) is 1.58. The molecule has 0 radical (unpaired) electrons. The van der Waals surface area contributed by atoms with Crippen molar-refractivity contribution in [1.82, 2.24) is 0 Å². The molecule has 64 valence electrons. The van der Waals surface area contributed by atoms with E-state index in [1.807, 2.05) is 0 Å². The SMILES string of the molecule is C1CCC2(CC1)CC[NH2+]CC2. The summed E-state index contributed by atoms with van der Waals surface area (Å²) in [4.78, 5) is 0. The van der Waals surface area contributed by atoms with Crippen LogP contribution >= 0.6 is 0 Å². The van der Waals surface area contributed by atoms with Gasteiger partial charge in [0, 0.05) is 12.8 Å². The van der Waals surface area contributed by atoms with Gasteiger partial charge in [-0.1, -0.05) is 19.3 Å². The van der Waals surface area contributed by atoms with E-state index in [0.29, 0.717) is 0 Å². The molecule has 0 unspecified atom stereocenters. The number of hydrogen-bond donors (Lipinski definition) is 1. The molecule has 2 N–H and O–H groups in total. The Labute approximate surface area is 69.6 Å². The van der Waals surface area contributed by atoms with Gasteiger partial charge >= 0.3 is 0 Å². The molecule has 2 rings (SSSR count).